The number of fused-ring (bicyclic) bond motifs is 3. The molecule has 1 amide bonds. The zero-order chi connectivity index (χ0) is 20.0. The first-order chi connectivity index (χ1) is 14.1. The Balaban J connectivity index is 1.68. The zero-order valence-corrected chi connectivity index (χ0v) is 16.8. The molecule has 3 nitrogen and oxygen atoms in total. The minimum Gasteiger partial charge on any atom is -0.356 e. The molecule has 0 fully saturated rings. The number of aryl methyl sites for hydroxylation is 2. The van der Waals surface area contributed by atoms with Crippen LogP contribution >= 0.6 is 0 Å². The van der Waals surface area contributed by atoms with E-state index in [2.05, 4.69) is 60.4 Å². The number of nitrogens with one attached hydrogen (secondary N) is 1. The molecule has 0 saturated carbocycles. The molecular formula is C26H24N2O. The highest BCUT2D eigenvalue weighted by Crippen LogP contribution is 2.39. The van der Waals surface area contributed by atoms with Crippen LogP contribution in [0.3, 0.4) is 0 Å². The Morgan fingerprint density at radius 2 is 1.69 bits per heavy atom. The molecule has 29 heavy (non-hydrogen) atoms. The van der Waals surface area contributed by atoms with E-state index in [4.69, 9.17) is 0 Å². The summed E-state index contributed by atoms with van der Waals surface area (Å²) in [6, 6.07) is 24.7. The summed E-state index contributed by atoms with van der Waals surface area (Å²) < 4.78 is 0. The molecule has 5 rings (SSSR count). The number of para-hydroxylation sites is 1. The van der Waals surface area contributed by atoms with Crippen molar-refractivity contribution in [1.29, 1.82) is 0 Å². The van der Waals surface area contributed by atoms with Gasteiger partial charge in [0.15, 0.2) is 0 Å². The molecule has 3 aromatic carbocycles. The standard InChI is InChI=1S/C26H24N2O/c1-17-7-5-9-19(15-17)25-24-22(21-11-3-4-12-23(21)27-24)13-14-28(25)26(29)20-10-6-8-18(2)16-20/h3-12,15-16,25,27H,13-14H2,1-2H3. The number of carbonyl (C=O) groups excluding carboxylic acids is 1. The van der Waals surface area contributed by atoms with Gasteiger partial charge in [-0.1, -0.05) is 65.7 Å². The van der Waals surface area contributed by atoms with E-state index in [1.165, 1.54) is 16.5 Å². The molecule has 1 unspecified atom stereocenters. The number of nitrogens with zero attached hydrogens (tertiary/aromatic N) is 1. The third kappa shape index (κ3) is 3.03. The van der Waals surface area contributed by atoms with Gasteiger partial charge in [0, 0.05) is 28.7 Å². The summed E-state index contributed by atoms with van der Waals surface area (Å²) in [5, 5.41) is 1.27. The third-order valence-electron chi connectivity index (χ3n) is 5.92. The van der Waals surface area contributed by atoms with Crippen LogP contribution in [0.2, 0.25) is 0 Å². The van der Waals surface area contributed by atoms with Crippen molar-refractivity contribution in [2.24, 2.45) is 0 Å². The van der Waals surface area contributed by atoms with Crippen LogP contribution in [0.15, 0.2) is 72.8 Å². The summed E-state index contributed by atoms with van der Waals surface area (Å²) in [4.78, 5) is 19.2. The molecule has 3 heteroatoms. The Morgan fingerprint density at radius 3 is 2.48 bits per heavy atom. The fourth-order valence-corrected chi connectivity index (χ4v) is 4.59. The van der Waals surface area contributed by atoms with E-state index in [0.29, 0.717) is 6.54 Å². The van der Waals surface area contributed by atoms with Gasteiger partial charge >= 0.3 is 0 Å². The largest absolute Gasteiger partial charge is 0.356 e. The number of hydrogen-bond acceptors (Lipinski definition) is 1. The molecule has 0 spiro atoms. The maximum Gasteiger partial charge on any atom is 0.254 e. The molecule has 144 valence electrons. The van der Waals surface area contributed by atoms with Gasteiger partial charge in [0.25, 0.3) is 5.91 Å². The highest BCUT2D eigenvalue weighted by molar-refractivity contribution is 5.95. The van der Waals surface area contributed by atoms with Gasteiger partial charge in [-0.3, -0.25) is 4.79 Å². The summed E-state index contributed by atoms with van der Waals surface area (Å²) in [5.41, 5.74) is 7.82. The zero-order valence-electron chi connectivity index (χ0n) is 16.8. The molecular weight excluding hydrogens is 356 g/mol. The quantitative estimate of drug-likeness (QED) is 0.485. The van der Waals surface area contributed by atoms with Crippen molar-refractivity contribution in [3.8, 4) is 0 Å². The predicted molar refractivity (Wildman–Crippen MR) is 117 cm³/mol. The summed E-state index contributed by atoms with van der Waals surface area (Å²) in [7, 11) is 0. The van der Waals surface area contributed by atoms with Crippen molar-refractivity contribution in [2.75, 3.05) is 6.54 Å². The van der Waals surface area contributed by atoms with Crippen molar-refractivity contribution in [1.82, 2.24) is 9.88 Å². The smallest absolute Gasteiger partial charge is 0.254 e. The number of benzene rings is 3. The molecule has 1 N–H and O–H groups in total. The highest BCUT2D eigenvalue weighted by Gasteiger charge is 2.34. The maximum atomic E-state index is 13.6. The first-order valence-electron chi connectivity index (χ1n) is 10.2. The molecule has 0 aliphatic carbocycles. The maximum absolute atomic E-state index is 13.6. The Hall–Kier alpha value is -3.33. The third-order valence-corrected chi connectivity index (χ3v) is 5.92. The Kier molecular flexibility index (Phi) is 4.24. The van der Waals surface area contributed by atoms with E-state index in [-0.39, 0.29) is 11.9 Å². The molecule has 1 aliphatic rings. The van der Waals surface area contributed by atoms with Crippen molar-refractivity contribution in [3.05, 3.63) is 106 Å². The van der Waals surface area contributed by atoms with Crippen LogP contribution in [0.1, 0.15) is 44.3 Å². The fraction of sp³-hybridized carbons (Fsp3) is 0.192. The minimum absolute atomic E-state index is 0.0875. The van der Waals surface area contributed by atoms with Crippen LogP contribution in [0.5, 0.6) is 0 Å². The van der Waals surface area contributed by atoms with Gasteiger partial charge in [-0.25, -0.2) is 0 Å². The lowest BCUT2D eigenvalue weighted by atomic mass is 9.91. The molecule has 0 radical (unpaired) electrons. The van der Waals surface area contributed by atoms with Gasteiger partial charge in [-0.05, 0) is 49.6 Å². The molecule has 1 atom stereocenters. The van der Waals surface area contributed by atoms with E-state index in [1.807, 2.05) is 36.1 Å². The second kappa shape index (κ2) is 6.93. The lowest BCUT2D eigenvalue weighted by Gasteiger charge is -2.36. The van der Waals surface area contributed by atoms with Crippen LogP contribution in [0, 0.1) is 13.8 Å². The second-order valence-corrected chi connectivity index (χ2v) is 8.00. The second-order valence-electron chi connectivity index (χ2n) is 8.00. The molecule has 2 heterocycles. The average Bonchev–Trinajstić information content (AvgIpc) is 3.11. The number of hydrogen-bond donors (Lipinski definition) is 1. The summed E-state index contributed by atoms with van der Waals surface area (Å²) >= 11 is 0. The number of carbonyl (C=O) groups is 1. The van der Waals surface area contributed by atoms with E-state index in [0.717, 1.165) is 34.3 Å². The number of aromatic nitrogens is 1. The van der Waals surface area contributed by atoms with Gasteiger partial charge < -0.3 is 9.88 Å². The van der Waals surface area contributed by atoms with Crippen LogP contribution < -0.4 is 0 Å². The van der Waals surface area contributed by atoms with E-state index in [9.17, 15) is 4.79 Å². The van der Waals surface area contributed by atoms with Crippen molar-refractivity contribution < 1.29 is 4.79 Å². The van der Waals surface area contributed by atoms with Crippen LogP contribution in [0.4, 0.5) is 0 Å². The summed E-state index contributed by atoms with van der Waals surface area (Å²) in [6.07, 6.45) is 0.860. The monoisotopic (exact) mass is 380 g/mol. The van der Waals surface area contributed by atoms with Gasteiger partial charge in [0.05, 0.1) is 6.04 Å². The summed E-state index contributed by atoms with van der Waals surface area (Å²) in [5.74, 6) is 0.0875. The van der Waals surface area contributed by atoms with Crippen LogP contribution in [0.25, 0.3) is 10.9 Å². The van der Waals surface area contributed by atoms with Gasteiger partial charge in [-0.15, -0.1) is 0 Å². The van der Waals surface area contributed by atoms with Crippen LogP contribution in [-0.2, 0) is 6.42 Å². The Morgan fingerprint density at radius 1 is 0.931 bits per heavy atom. The first kappa shape index (κ1) is 17.7. The van der Waals surface area contributed by atoms with E-state index in [1.54, 1.807) is 0 Å². The molecule has 0 saturated heterocycles. The number of amides is 1. The molecule has 4 aromatic rings. The van der Waals surface area contributed by atoms with Crippen LogP contribution in [-0.4, -0.2) is 22.3 Å². The average molecular weight is 380 g/mol. The van der Waals surface area contributed by atoms with E-state index >= 15 is 0 Å². The first-order valence-corrected chi connectivity index (χ1v) is 10.2. The highest BCUT2D eigenvalue weighted by atomic mass is 16.2. The Labute approximate surface area is 171 Å². The molecule has 1 aliphatic heterocycles. The number of aromatic amines is 1. The van der Waals surface area contributed by atoms with Crippen molar-refractivity contribution in [2.45, 2.75) is 26.3 Å². The fourth-order valence-electron chi connectivity index (χ4n) is 4.59. The lowest BCUT2D eigenvalue weighted by molar-refractivity contribution is 0.0692. The summed E-state index contributed by atoms with van der Waals surface area (Å²) in [6.45, 7) is 4.84. The minimum atomic E-state index is -0.112. The molecule has 0 bridgehead atoms. The topological polar surface area (TPSA) is 36.1 Å². The van der Waals surface area contributed by atoms with E-state index < -0.39 is 0 Å². The number of H-pyrrole nitrogens is 1. The van der Waals surface area contributed by atoms with Crippen molar-refractivity contribution >= 4 is 16.8 Å². The molecule has 1 aromatic heterocycles. The van der Waals surface area contributed by atoms with Gasteiger partial charge in [0.2, 0.25) is 0 Å². The van der Waals surface area contributed by atoms with Gasteiger partial charge in [0.1, 0.15) is 0 Å². The lowest BCUT2D eigenvalue weighted by Crippen LogP contribution is -2.40. The number of rotatable bonds is 2. The predicted octanol–water partition coefficient (Wildman–Crippen LogP) is 5.57. The van der Waals surface area contributed by atoms with Gasteiger partial charge in [-0.2, -0.15) is 0 Å². The Bertz CT molecular complexity index is 1220. The van der Waals surface area contributed by atoms with Crippen molar-refractivity contribution in [3.63, 3.8) is 0 Å². The SMILES string of the molecule is Cc1cccc(C(=O)N2CCc3c([nH]c4ccccc34)C2c2cccc(C)c2)c1. The normalized spacial score (nSPS) is 16.1.